The summed E-state index contributed by atoms with van der Waals surface area (Å²) in [5.74, 6) is 0.163. The zero-order valence-corrected chi connectivity index (χ0v) is 11.6. The highest BCUT2D eigenvalue weighted by atomic mass is 16.3. The van der Waals surface area contributed by atoms with Crippen LogP contribution in [0.5, 0.6) is 5.75 Å². The van der Waals surface area contributed by atoms with Gasteiger partial charge < -0.3 is 32.3 Å². The van der Waals surface area contributed by atoms with Crippen molar-refractivity contribution in [3.8, 4) is 5.75 Å². The van der Waals surface area contributed by atoms with E-state index in [1.54, 1.807) is 24.3 Å². The van der Waals surface area contributed by atoms with Crippen molar-refractivity contribution in [2.24, 2.45) is 0 Å². The Morgan fingerprint density at radius 3 is 2.52 bits per heavy atom. The number of aliphatic hydroxyl groups excluding tert-OH is 1. The Hall–Kier alpha value is -2.60. The number of benzene rings is 2. The predicted molar refractivity (Wildman–Crippen MR) is 86.3 cm³/mol. The van der Waals surface area contributed by atoms with Gasteiger partial charge in [-0.15, -0.1) is 0 Å². The van der Waals surface area contributed by atoms with Crippen LogP contribution in [0.2, 0.25) is 0 Å². The summed E-state index contributed by atoms with van der Waals surface area (Å²) in [6, 6.07) is 10.5. The van der Waals surface area contributed by atoms with Crippen molar-refractivity contribution in [1.82, 2.24) is 0 Å². The third kappa shape index (κ3) is 3.70. The first-order chi connectivity index (χ1) is 10.1. The molecule has 21 heavy (non-hydrogen) atoms. The number of aliphatic hydroxyl groups is 1. The fourth-order valence-corrected chi connectivity index (χ4v) is 1.98. The Morgan fingerprint density at radius 1 is 1.00 bits per heavy atom. The number of nitrogen functional groups attached to an aromatic ring is 2. The number of hydrogen-bond acceptors (Lipinski definition) is 6. The molecule has 6 heteroatoms. The van der Waals surface area contributed by atoms with Gasteiger partial charge in [-0.25, -0.2) is 0 Å². The molecule has 0 aromatic heterocycles. The molecule has 0 bridgehead atoms. The maximum Gasteiger partial charge on any atom is 0.122 e. The summed E-state index contributed by atoms with van der Waals surface area (Å²) in [5.41, 5.74) is 15.1. The van der Waals surface area contributed by atoms with Crippen molar-refractivity contribution in [3.05, 3.63) is 42.0 Å². The molecule has 0 aliphatic heterocycles. The van der Waals surface area contributed by atoms with E-state index in [1.807, 2.05) is 12.1 Å². The average Bonchev–Trinajstić information content (AvgIpc) is 2.47. The van der Waals surface area contributed by atoms with Gasteiger partial charge in [0, 0.05) is 30.0 Å². The van der Waals surface area contributed by atoms with Crippen LogP contribution in [-0.4, -0.2) is 23.4 Å². The Bertz CT molecular complexity index is 596. The van der Waals surface area contributed by atoms with E-state index in [2.05, 4.69) is 10.6 Å². The minimum atomic E-state index is 0.0333. The summed E-state index contributed by atoms with van der Waals surface area (Å²) in [6.07, 6.45) is 0. The molecule has 0 atom stereocenters. The molecule has 0 radical (unpaired) electrons. The van der Waals surface area contributed by atoms with Crippen LogP contribution in [0.4, 0.5) is 22.7 Å². The van der Waals surface area contributed by atoms with Crippen LogP contribution in [0.3, 0.4) is 0 Å². The van der Waals surface area contributed by atoms with Crippen molar-refractivity contribution in [1.29, 1.82) is 0 Å². The van der Waals surface area contributed by atoms with Gasteiger partial charge in [0.1, 0.15) is 5.75 Å². The number of aromatic hydroxyl groups is 1. The summed E-state index contributed by atoms with van der Waals surface area (Å²) < 4.78 is 0. The molecule has 2 aromatic rings. The van der Waals surface area contributed by atoms with Crippen LogP contribution < -0.4 is 22.1 Å². The van der Waals surface area contributed by atoms with Gasteiger partial charge in [-0.1, -0.05) is 6.07 Å². The van der Waals surface area contributed by atoms with Crippen molar-refractivity contribution in [2.75, 3.05) is 35.3 Å². The number of phenols is 1. The Kier molecular flexibility index (Phi) is 4.73. The van der Waals surface area contributed by atoms with Crippen LogP contribution in [0.15, 0.2) is 36.4 Å². The fraction of sp³-hybridized carbons (Fsp3) is 0.200. The highest BCUT2D eigenvalue weighted by molar-refractivity contribution is 5.72. The largest absolute Gasteiger partial charge is 0.508 e. The predicted octanol–water partition coefficient (Wildman–Crippen LogP) is 1.57. The third-order valence-corrected chi connectivity index (χ3v) is 3.14. The van der Waals surface area contributed by atoms with Crippen molar-refractivity contribution >= 4 is 22.7 Å². The lowest BCUT2D eigenvalue weighted by Gasteiger charge is -2.13. The molecule has 0 unspecified atom stereocenters. The molecule has 0 heterocycles. The number of nitrogens with two attached hydrogens (primary N) is 2. The first kappa shape index (κ1) is 14.8. The van der Waals surface area contributed by atoms with E-state index in [0.29, 0.717) is 30.0 Å². The number of phenolic OH excluding ortho intramolecular Hbond substituents is 1. The van der Waals surface area contributed by atoms with Gasteiger partial charge in [-0.3, -0.25) is 0 Å². The van der Waals surface area contributed by atoms with Gasteiger partial charge in [0.05, 0.1) is 18.0 Å². The molecule has 0 amide bonds. The van der Waals surface area contributed by atoms with E-state index >= 15 is 0 Å². The first-order valence-corrected chi connectivity index (χ1v) is 6.66. The molecule has 0 aliphatic rings. The van der Waals surface area contributed by atoms with E-state index in [9.17, 15) is 5.11 Å². The van der Waals surface area contributed by atoms with Crippen molar-refractivity contribution in [2.45, 2.75) is 6.54 Å². The average molecular weight is 288 g/mol. The molecular formula is C15H20N4O2. The van der Waals surface area contributed by atoms with Gasteiger partial charge in [-0.05, 0) is 30.3 Å². The lowest BCUT2D eigenvalue weighted by Crippen LogP contribution is -2.08. The Balaban J connectivity index is 2.09. The Morgan fingerprint density at radius 2 is 1.81 bits per heavy atom. The minimum absolute atomic E-state index is 0.0333. The van der Waals surface area contributed by atoms with Crippen LogP contribution in [-0.2, 0) is 6.54 Å². The van der Waals surface area contributed by atoms with E-state index in [-0.39, 0.29) is 12.4 Å². The number of nitrogens with one attached hydrogen (secondary N) is 2. The molecule has 2 rings (SSSR count). The SMILES string of the molecule is Nc1ccc(NCc2c(N)cccc2O)cc1NCCO. The zero-order chi connectivity index (χ0) is 15.2. The third-order valence-electron chi connectivity index (χ3n) is 3.14. The molecule has 2 aromatic carbocycles. The molecule has 0 fully saturated rings. The highest BCUT2D eigenvalue weighted by Crippen LogP contribution is 2.26. The zero-order valence-electron chi connectivity index (χ0n) is 11.6. The molecular weight excluding hydrogens is 268 g/mol. The van der Waals surface area contributed by atoms with Crippen LogP contribution in [0, 0.1) is 0 Å². The second-order valence-corrected chi connectivity index (χ2v) is 4.65. The molecule has 6 nitrogen and oxygen atoms in total. The molecule has 0 saturated carbocycles. The lowest BCUT2D eigenvalue weighted by atomic mass is 10.1. The van der Waals surface area contributed by atoms with E-state index in [4.69, 9.17) is 16.6 Å². The maximum atomic E-state index is 9.80. The topological polar surface area (TPSA) is 117 Å². The smallest absolute Gasteiger partial charge is 0.122 e. The molecule has 0 saturated heterocycles. The monoisotopic (exact) mass is 288 g/mol. The standard InChI is InChI=1S/C15H20N4O2/c16-12-2-1-3-15(21)11(12)9-19-10-4-5-13(17)14(8-10)18-6-7-20/h1-5,8,18-21H,6-7,9,16-17H2. The summed E-state index contributed by atoms with van der Waals surface area (Å²) in [7, 11) is 0. The summed E-state index contributed by atoms with van der Waals surface area (Å²) in [5, 5.41) is 24.9. The minimum Gasteiger partial charge on any atom is -0.508 e. The second-order valence-electron chi connectivity index (χ2n) is 4.65. The van der Waals surface area contributed by atoms with Gasteiger partial charge in [0.25, 0.3) is 0 Å². The second kappa shape index (κ2) is 6.71. The number of rotatable bonds is 6. The quantitative estimate of drug-likeness (QED) is 0.449. The van der Waals surface area contributed by atoms with Gasteiger partial charge in [0.15, 0.2) is 0 Å². The van der Waals surface area contributed by atoms with Crippen LogP contribution >= 0.6 is 0 Å². The van der Waals surface area contributed by atoms with E-state index in [1.165, 1.54) is 0 Å². The van der Waals surface area contributed by atoms with Crippen molar-refractivity contribution in [3.63, 3.8) is 0 Å². The normalized spacial score (nSPS) is 10.3. The molecule has 112 valence electrons. The molecule has 0 aliphatic carbocycles. The summed E-state index contributed by atoms with van der Waals surface area (Å²) in [4.78, 5) is 0. The first-order valence-electron chi connectivity index (χ1n) is 6.66. The lowest BCUT2D eigenvalue weighted by molar-refractivity contribution is 0.311. The molecule has 0 spiro atoms. The molecule has 8 N–H and O–H groups in total. The maximum absolute atomic E-state index is 9.80. The van der Waals surface area contributed by atoms with Crippen LogP contribution in [0.25, 0.3) is 0 Å². The Labute approximate surface area is 123 Å². The van der Waals surface area contributed by atoms with Gasteiger partial charge in [-0.2, -0.15) is 0 Å². The van der Waals surface area contributed by atoms with Gasteiger partial charge >= 0.3 is 0 Å². The van der Waals surface area contributed by atoms with E-state index < -0.39 is 0 Å². The highest BCUT2D eigenvalue weighted by Gasteiger charge is 2.06. The number of hydrogen-bond donors (Lipinski definition) is 6. The van der Waals surface area contributed by atoms with Gasteiger partial charge in [0.2, 0.25) is 0 Å². The fourth-order valence-electron chi connectivity index (χ4n) is 1.98. The van der Waals surface area contributed by atoms with Crippen LogP contribution in [0.1, 0.15) is 5.56 Å². The number of anilines is 4. The van der Waals surface area contributed by atoms with E-state index in [0.717, 1.165) is 11.4 Å². The summed E-state index contributed by atoms with van der Waals surface area (Å²) in [6.45, 7) is 0.869. The summed E-state index contributed by atoms with van der Waals surface area (Å²) >= 11 is 0. The van der Waals surface area contributed by atoms with Crippen molar-refractivity contribution < 1.29 is 10.2 Å².